The minimum Gasteiger partial charge on any atom is -0.481 e. The zero-order valence-electron chi connectivity index (χ0n) is 11.9. The van der Waals surface area contributed by atoms with Crippen LogP contribution in [0.15, 0.2) is 0 Å². The molecular weight excluding hydrogens is 232 g/mol. The zero-order chi connectivity index (χ0) is 14.3. The molecule has 1 atom stereocenters. The first-order valence-corrected chi connectivity index (χ1v) is 6.42. The quantitative estimate of drug-likeness (QED) is 0.726. The van der Waals surface area contributed by atoms with Gasteiger partial charge in [0.1, 0.15) is 0 Å². The molecule has 0 heterocycles. The van der Waals surface area contributed by atoms with Crippen molar-refractivity contribution in [3.8, 4) is 0 Å². The maximum atomic E-state index is 12.1. The molecule has 3 N–H and O–H groups in total. The van der Waals surface area contributed by atoms with Gasteiger partial charge in [-0.2, -0.15) is 0 Å². The van der Waals surface area contributed by atoms with E-state index in [-0.39, 0.29) is 30.5 Å². The van der Waals surface area contributed by atoms with Gasteiger partial charge >= 0.3 is 5.97 Å². The fourth-order valence-corrected chi connectivity index (χ4v) is 1.75. The molecule has 0 radical (unpaired) electrons. The highest BCUT2D eigenvalue weighted by Gasteiger charge is 2.26. The van der Waals surface area contributed by atoms with E-state index < -0.39 is 5.97 Å². The number of carbonyl (C=O) groups is 2. The van der Waals surface area contributed by atoms with Crippen LogP contribution in [0.4, 0.5) is 0 Å². The predicted molar refractivity (Wildman–Crippen MR) is 71.2 cm³/mol. The molecule has 0 rings (SSSR count). The fraction of sp³-hybridized carbons (Fsp3) is 0.846. The number of carbonyl (C=O) groups excluding carboxylic acids is 1. The van der Waals surface area contributed by atoms with E-state index in [1.54, 1.807) is 4.90 Å². The Balaban J connectivity index is 4.37. The zero-order valence-corrected chi connectivity index (χ0v) is 11.9. The predicted octanol–water partition coefficient (Wildman–Crippen LogP) is 1.61. The van der Waals surface area contributed by atoms with Gasteiger partial charge in [-0.1, -0.05) is 0 Å². The van der Waals surface area contributed by atoms with Gasteiger partial charge < -0.3 is 15.7 Å². The molecule has 0 spiro atoms. The van der Waals surface area contributed by atoms with E-state index in [1.807, 2.05) is 27.7 Å². The summed E-state index contributed by atoms with van der Waals surface area (Å²) in [6.07, 6.45) is 1.97. The molecule has 5 heteroatoms. The summed E-state index contributed by atoms with van der Waals surface area (Å²) >= 11 is 0. The van der Waals surface area contributed by atoms with Crippen LogP contribution in [0.5, 0.6) is 0 Å². The number of aliphatic carboxylic acids is 1. The Morgan fingerprint density at radius 2 is 1.83 bits per heavy atom. The van der Waals surface area contributed by atoms with Crippen LogP contribution in [-0.4, -0.2) is 40.0 Å². The monoisotopic (exact) mass is 258 g/mol. The van der Waals surface area contributed by atoms with Crippen molar-refractivity contribution in [3.63, 3.8) is 0 Å². The highest BCUT2D eigenvalue weighted by molar-refractivity contribution is 5.77. The second kappa shape index (κ2) is 7.36. The Morgan fingerprint density at radius 3 is 2.22 bits per heavy atom. The van der Waals surface area contributed by atoms with E-state index in [1.165, 1.54) is 0 Å². The number of carboxylic acids is 1. The van der Waals surface area contributed by atoms with Gasteiger partial charge in [0, 0.05) is 24.5 Å². The Labute approximate surface area is 109 Å². The summed E-state index contributed by atoms with van der Waals surface area (Å²) in [7, 11) is 0. The highest BCUT2D eigenvalue weighted by atomic mass is 16.4. The minimum absolute atomic E-state index is 0.00407. The highest BCUT2D eigenvalue weighted by Crippen LogP contribution is 2.16. The first-order valence-electron chi connectivity index (χ1n) is 6.42. The van der Waals surface area contributed by atoms with Gasteiger partial charge in [0.2, 0.25) is 5.91 Å². The van der Waals surface area contributed by atoms with Crippen molar-refractivity contribution in [3.05, 3.63) is 0 Å². The molecule has 0 aliphatic heterocycles. The van der Waals surface area contributed by atoms with Gasteiger partial charge in [0.25, 0.3) is 0 Å². The largest absolute Gasteiger partial charge is 0.481 e. The molecule has 0 bridgehead atoms. The number of nitrogens with two attached hydrogens (primary N) is 1. The molecule has 0 aromatic heterocycles. The Hall–Kier alpha value is -1.10. The lowest BCUT2D eigenvalue weighted by molar-refractivity contribution is -0.140. The summed E-state index contributed by atoms with van der Waals surface area (Å²) in [5.74, 6) is -0.878. The van der Waals surface area contributed by atoms with Crippen molar-refractivity contribution < 1.29 is 14.7 Å². The van der Waals surface area contributed by atoms with Crippen LogP contribution in [0.2, 0.25) is 0 Å². The fourth-order valence-electron chi connectivity index (χ4n) is 1.75. The lowest BCUT2D eigenvalue weighted by Crippen LogP contribution is -2.46. The van der Waals surface area contributed by atoms with Crippen LogP contribution in [0, 0.1) is 0 Å². The lowest BCUT2D eigenvalue weighted by atomic mass is 10.0. The van der Waals surface area contributed by atoms with Crippen LogP contribution in [0.1, 0.15) is 53.4 Å². The molecule has 0 saturated carbocycles. The van der Waals surface area contributed by atoms with Crippen molar-refractivity contribution >= 4 is 11.9 Å². The second-order valence-corrected chi connectivity index (χ2v) is 5.73. The molecule has 1 unspecified atom stereocenters. The molecule has 5 nitrogen and oxygen atoms in total. The molecule has 106 valence electrons. The topological polar surface area (TPSA) is 83.6 Å². The van der Waals surface area contributed by atoms with Crippen LogP contribution in [0.3, 0.4) is 0 Å². The second-order valence-electron chi connectivity index (χ2n) is 5.73. The van der Waals surface area contributed by atoms with E-state index in [0.29, 0.717) is 6.42 Å². The summed E-state index contributed by atoms with van der Waals surface area (Å²) in [4.78, 5) is 24.3. The smallest absolute Gasteiger partial charge is 0.305 e. The molecule has 0 aromatic carbocycles. The van der Waals surface area contributed by atoms with Gasteiger partial charge in [-0.25, -0.2) is 0 Å². The Kier molecular flexibility index (Phi) is 6.91. The number of hydrogen-bond donors (Lipinski definition) is 2. The summed E-state index contributed by atoms with van der Waals surface area (Å²) in [6.45, 7) is 7.92. The van der Waals surface area contributed by atoms with Crippen LogP contribution >= 0.6 is 0 Å². The van der Waals surface area contributed by atoms with E-state index in [0.717, 1.165) is 12.8 Å². The average Bonchev–Trinajstić information content (AvgIpc) is 2.14. The van der Waals surface area contributed by atoms with Gasteiger partial charge in [-0.05, 0) is 40.5 Å². The summed E-state index contributed by atoms with van der Waals surface area (Å²) in [5, 5.41) is 8.70. The third kappa shape index (κ3) is 7.27. The van der Waals surface area contributed by atoms with Crippen molar-refractivity contribution in [1.29, 1.82) is 0 Å². The third-order valence-corrected chi connectivity index (χ3v) is 2.71. The van der Waals surface area contributed by atoms with Crippen molar-refractivity contribution in [2.24, 2.45) is 5.73 Å². The molecule has 18 heavy (non-hydrogen) atoms. The number of rotatable bonds is 7. The third-order valence-electron chi connectivity index (χ3n) is 2.71. The van der Waals surface area contributed by atoms with Gasteiger partial charge in [-0.15, -0.1) is 0 Å². The van der Waals surface area contributed by atoms with Gasteiger partial charge in [0.05, 0.1) is 6.42 Å². The first kappa shape index (κ1) is 16.9. The first-order chi connectivity index (χ1) is 8.14. The average molecular weight is 258 g/mol. The summed E-state index contributed by atoms with van der Waals surface area (Å²) in [6, 6.07) is 0.0971. The minimum atomic E-state index is -0.882. The molecule has 0 aromatic rings. The Bertz CT molecular complexity index is 282. The number of amides is 1. The number of hydrogen-bond acceptors (Lipinski definition) is 3. The van der Waals surface area contributed by atoms with Crippen LogP contribution in [-0.2, 0) is 9.59 Å². The Morgan fingerprint density at radius 1 is 1.28 bits per heavy atom. The molecule has 0 fully saturated rings. The number of carboxylic acid groups (broad SMARTS) is 1. The van der Waals surface area contributed by atoms with Crippen molar-refractivity contribution in [2.75, 3.05) is 6.54 Å². The molecule has 0 aliphatic carbocycles. The van der Waals surface area contributed by atoms with Gasteiger partial charge in [0.15, 0.2) is 0 Å². The SMILES string of the molecule is CC(N)CCCC(=O)N(CCC(=O)O)C(C)(C)C. The van der Waals surface area contributed by atoms with E-state index in [2.05, 4.69) is 0 Å². The number of nitrogens with zero attached hydrogens (tertiary/aromatic N) is 1. The van der Waals surface area contributed by atoms with E-state index >= 15 is 0 Å². The van der Waals surface area contributed by atoms with Gasteiger partial charge in [-0.3, -0.25) is 9.59 Å². The standard InChI is InChI=1S/C13H26N2O3/c1-10(14)6-5-7-11(16)15(13(2,3)4)9-8-12(17)18/h10H,5-9,14H2,1-4H3,(H,17,18). The maximum Gasteiger partial charge on any atom is 0.305 e. The molecule has 0 aliphatic rings. The van der Waals surface area contributed by atoms with Crippen molar-refractivity contribution in [1.82, 2.24) is 4.90 Å². The van der Waals surface area contributed by atoms with E-state index in [4.69, 9.17) is 10.8 Å². The van der Waals surface area contributed by atoms with Crippen LogP contribution < -0.4 is 5.73 Å². The molecular formula is C13H26N2O3. The van der Waals surface area contributed by atoms with E-state index in [9.17, 15) is 9.59 Å². The summed E-state index contributed by atoms with van der Waals surface area (Å²) < 4.78 is 0. The lowest BCUT2D eigenvalue weighted by Gasteiger charge is -2.35. The van der Waals surface area contributed by atoms with Crippen molar-refractivity contribution in [2.45, 2.75) is 65.0 Å². The molecule has 1 amide bonds. The molecule has 0 saturated heterocycles. The maximum absolute atomic E-state index is 12.1. The normalized spacial score (nSPS) is 13.2. The van der Waals surface area contributed by atoms with Crippen LogP contribution in [0.25, 0.3) is 0 Å². The summed E-state index contributed by atoms with van der Waals surface area (Å²) in [5.41, 5.74) is 5.29.